The summed E-state index contributed by atoms with van der Waals surface area (Å²) in [6, 6.07) is 7.36. The number of hydrogen-bond donors (Lipinski definition) is 2. The van der Waals surface area contributed by atoms with E-state index in [9.17, 15) is 10.2 Å². The Morgan fingerprint density at radius 3 is 2.09 bits per heavy atom. The van der Waals surface area contributed by atoms with Crippen molar-refractivity contribution in [2.45, 2.75) is 24.7 Å². The molecule has 0 spiro atoms. The lowest BCUT2D eigenvalue weighted by molar-refractivity contribution is -0.193. The van der Waals surface area contributed by atoms with Gasteiger partial charge < -0.3 is 33.9 Å². The summed E-state index contributed by atoms with van der Waals surface area (Å²) in [7, 11) is 4.56. The van der Waals surface area contributed by atoms with Crippen molar-refractivity contribution < 1.29 is 33.9 Å². The summed E-state index contributed by atoms with van der Waals surface area (Å²) in [6.45, 7) is -0.331. The zero-order chi connectivity index (χ0) is 17.1. The first kappa shape index (κ1) is 19.8. The number of rotatable bonds is 12. The summed E-state index contributed by atoms with van der Waals surface area (Å²) >= 11 is 0. The number of hydrogen-bond acceptors (Lipinski definition) is 7. The van der Waals surface area contributed by atoms with E-state index in [2.05, 4.69) is 0 Å². The first-order chi connectivity index (χ1) is 11.2. The fourth-order valence-corrected chi connectivity index (χ4v) is 2.14. The lowest BCUT2D eigenvalue weighted by atomic mass is 10.0. The SMILES string of the molecule is COCO[C@H]([C@H](CO)OCOC)[C@@H](O)Cc1ccc(OC)cc1. The molecular formula is C16H26O7. The molecule has 1 aromatic rings. The Morgan fingerprint density at radius 2 is 1.57 bits per heavy atom. The molecule has 0 unspecified atom stereocenters. The van der Waals surface area contributed by atoms with Crippen LogP contribution in [-0.4, -0.2) is 70.0 Å². The summed E-state index contributed by atoms with van der Waals surface area (Å²) in [5.41, 5.74) is 0.910. The zero-order valence-corrected chi connectivity index (χ0v) is 13.8. The maximum atomic E-state index is 10.5. The van der Waals surface area contributed by atoms with Gasteiger partial charge in [0.15, 0.2) is 0 Å². The first-order valence-corrected chi connectivity index (χ1v) is 7.29. The molecule has 1 rings (SSSR count). The molecule has 3 atom stereocenters. The molecule has 0 saturated carbocycles. The predicted molar refractivity (Wildman–Crippen MR) is 83.3 cm³/mol. The van der Waals surface area contributed by atoms with Crippen LogP contribution < -0.4 is 4.74 Å². The van der Waals surface area contributed by atoms with E-state index in [1.807, 2.05) is 24.3 Å². The first-order valence-electron chi connectivity index (χ1n) is 7.29. The third-order valence-electron chi connectivity index (χ3n) is 3.31. The molecular weight excluding hydrogens is 304 g/mol. The molecule has 0 heterocycles. The Kier molecular flexibility index (Phi) is 9.77. The van der Waals surface area contributed by atoms with Crippen LogP contribution in [0.2, 0.25) is 0 Å². The van der Waals surface area contributed by atoms with Crippen molar-refractivity contribution in [1.29, 1.82) is 0 Å². The molecule has 2 N–H and O–H groups in total. The molecule has 0 bridgehead atoms. The minimum atomic E-state index is -0.882. The molecule has 0 radical (unpaired) electrons. The van der Waals surface area contributed by atoms with E-state index in [1.54, 1.807) is 7.11 Å². The molecule has 0 amide bonds. The van der Waals surface area contributed by atoms with Crippen molar-refractivity contribution in [2.75, 3.05) is 41.5 Å². The Balaban J connectivity index is 2.73. The molecule has 0 aliphatic carbocycles. The standard InChI is InChI=1S/C16H26O7/c1-19-10-22-15(9-17)16(23-11-20-2)14(18)8-12-4-6-13(21-3)7-5-12/h4-7,14-18H,8-11H2,1-3H3/t14-,15-,16-/m0/s1. The Morgan fingerprint density at radius 1 is 0.957 bits per heavy atom. The monoisotopic (exact) mass is 330 g/mol. The molecule has 0 aliphatic rings. The Labute approximate surface area is 136 Å². The van der Waals surface area contributed by atoms with Crippen molar-refractivity contribution >= 4 is 0 Å². The van der Waals surface area contributed by atoms with Gasteiger partial charge in [-0.3, -0.25) is 0 Å². The van der Waals surface area contributed by atoms with Crippen LogP contribution in [0.3, 0.4) is 0 Å². The van der Waals surface area contributed by atoms with Gasteiger partial charge in [-0.05, 0) is 17.7 Å². The highest BCUT2D eigenvalue weighted by atomic mass is 16.7. The smallest absolute Gasteiger partial charge is 0.146 e. The molecule has 0 fully saturated rings. The fraction of sp³-hybridized carbons (Fsp3) is 0.625. The van der Waals surface area contributed by atoms with Crippen molar-refractivity contribution in [3.05, 3.63) is 29.8 Å². The van der Waals surface area contributed by atoms with E-state index in [4.69, 9.17) is 23.7 Å². The maximum absolute atomic E-state index is 10.5. The minimum absolute atomic E-state index is 0.00662. The van der Waals surface area contributed by atoms with Crippen molar-refractivity contribution in [3.8, 4) is 5.75 Å². The second-order valence-corrected chi connectivity index (χ2v) is 4.95. The number of benzene rings is 1. The van der Waals surface area contributed by atoms with Crippen molar-refractivity contribution in [1.82, 2.24) is 0 Å². The number of aliphatic hydroxyl groups excluding tert-OH is 2. The lowest BCUT2D eigenvalue weighted by Crippen LogP contribution is -2.45. The van der Waals surface area contributed by atoms with Gasteiger partial charge in [0.05, 0.1) is 19.8 Å². The van der Waals surface area contributed by atoms with Gasteiger partial charge in [-0.15, -0.1) is 0 Å². The Hall–Kier alpha value is -1.22. The van der Waals surface area contributed by atoms with Gasteiger partial charge in [0, 0.05) is 20.6 Å². The van der Waals surface area contributed by atoms with Gasteiger partial charge in [0.2, 0.25) is 0 Å². The fourth-order valence-electron chi connectivity index (χ4n) is 2.14. The molecule has 0 aliphatic heterocycles. The van der Waals surface area contributed by atoms with Crippen LogP contribution in [0, 0.1) is 0 Å². The van der Waals surface area contributed by atoms with Crippen LogP contribution in [0.5, 0.6) is 5.75 Å². The van der Waals surface area contributed by atoms with Crippen LogP contribution >= 0.6 is 0 Å². The predicted octanol–water partition coefficient (Wildman–Crippen LogP) is 0.569. The summed E-state index contributed by atoms with van der Waals surface area (Å²) in [5, 5.41) is 19.9. The summed E-state index contributed by atoms with van der Waals surface area (Å²) in [5.74, 6) is 0.743. The topological polar surface area (TPSA) is 86.6 Å². The molecule has 23 heavy (non-hydrogen) atoms. The second kappa shape index (κ2) is 11.3. The minimum Gasteiger partial charge on any atom is -0.497 e. The number of aliphatic hydroxyl groups is 2. The molecule has 7 nitrogen and oxygen atoms in total. The van der Waals surface area contributed by atoms with Crippen molar-refractivity contribution in [3.63, 3.8) is 0 Å². The normalized spacial score (nSPS) is 15.2. The van der Waals surface area contributed by atoms with E-state index in [-0.39, 0.29) is 20.2 Å². The van der Waals surface area contributed by atoms with Crippen LogP contribution in [0.1, 0.15) is 5.56 Å². The average molecular weight is 330 g/mol. The van der Waals surface area contributed by atoms with E-state index >= 15 is 0 Å². The van der Waals surface area contributed by atoms with Crippen LogP contribution in [0.4, 0.5) is 0 Å². The second-order valence-electron chi connectivity index (χ2n) is 4.95. The zero-order valence-electron chi connectivity index (χ0n) is 13.8. The van der Waals surface area contributed by atoms with E-state index in [1.165, 1.54) is 14.2 Å². The third-order valence-corrected chi connectivity index (χ3v) is 3.31. The summed E-state index contributed by atoms with van der Waals surface area (Å²) < 4.78 is 25.7. The number of methoxy groups -OCH3 is 3. The van der Waals surface area contributed by atoms with Gasteiger partial charge in [-0.25, -0.2) is 0 Å². The number of ether oxygens (including phenoxy) is 5. The molecule has 0 aromatic heterocycles. The van der Waals surface area contributed by atoms with E-state index in [0.29, 0.717) is 6.42 Å². The molecule has 132 valence electrons. The van der Waals surface area contributed by atoms with Crippen LogP contribution in [-0.2, 0) is 25.4 Å². The maximum Gasteiger partial charge on any atom is 0.146 e. The molecule has 7 heteroatoms. The largest absolute Gasteiger partial charge is 0.497 e. The third kappa shape index (κ3) is 6.82. The highest BCUT2D eigenvalue weighted by molar-refractivity contribution is 5.27. The van der Waals surface area contributed by atoms with E-state index in [0.717, 1.165) is 11.3 Å². The quantitative estimate of drug-likeness (QED) is 0.542. The highest BCUT2D eigenvalue weighted by Crippen LogP contribution is 2.17. The Bertz CT molecular complexity index is 409. The van der Waals surface area contributed by atoms with Crippen molar-refractivity contribution in [2.24, 2.45) is 0 Å². The van der Waals surface area contributed by atoms with Crippen LogP contribution in [0.25, 0.3) is 0 Å². The van der Waals surface area contributed by atoms with Gasteiger partial charge >= 0.3 is 0 Å². The average Bonchev–Trinajstić information content (AvgIpc) is 2.58. The lowest BCUT2D eigenvalue weighted by Gasteiger charge is -2.29. The summed E-state index contributed by atoms with van der Waals surface area (Å²) in [6.07, 6.45) is -2.02. The molecule has 1 aromatic carbocycles. The van der Waals surface area contributed by atoms with E-state index < -0.39 is 18.3 Å². The van der Waals surface area contributed by atoms with Gasteiger partial charge in [-0.1, -0.05) is 12.1 Å². The molecule has 0 saturated heterocycles. The highest BCUT2D eigenvalue weighted by Gasteiger charge is 2.30. The van der Waals surface area contributed by atoms with Gasteiger partial charge in [0.25, 0.3) is 0 Å². The summed E-state index contributed by atoms with van der Waals surface area (Å²) in [4.78, 5) is 0. The van der Waals surface area contributed by atoms with Crippen LogP contribution in [0.15, 0.2) is 24.3 Å². The van der Waals surface area contributed by atoms with Gasteiger partial charge in [0.1, 0.15) is 31.5 Å². The van der Waals surface area contributed by atoms with Gasteiger partial charge in [-0.2, -0.15) is 0 Å².